The van der Waals surface area contributed by atoms with Crippen molar-refractivity contribution < 1.29 is 27.8 Å². The number of halogens is 3. The lowest BCUT2D eigenvalue weighted by Crippen LogP contribution is -2.28. The lowest BCUT2D eigenvalue weighted by molar-refractivity contribution is -0.137. The molecule has 0 saturated heterocycles. The van der Waals surface area contributed by atoms with Crippen molar-refractivity contribution >= 4 is 11.5 Å². The van der Waals surface area contributed by atoms with Crippen LogP contribution in [-0.2, 0) is 23.9 Å². The molecule has 1 heterocycles. The van der Waals surface area contributed by atoms with Crippen LogP contribution in [0.1, 0.15) is 58.2 Å². The van der Waals surface area contributed by atoms with E-state index in [2.05, 4.69) is 55.7 Å². The Morgan fingerprint density at radius 1 is 1.02 bits per heavy atom. The minimum atomic E-state index is -4.24. The number of aliphatic carboxylic acids is 1. The number of carboxylic acids is 1. The van der Waals surface area contributed by atoms with Crippen molar-refractivity contribution in [1.82, 2.24) is 10.6 Å². The van der Waals surface area contributed by atoms with Crippen LogP contribution in [0.15, 0.2) is 66.2 Å². The normalized spacial score (nSPS) is 15.2. The second-order valence-electron chi connectivity index (χ2n) is 11.0. The Labute approximate surface area is 245 Å². The number of ether oxygens (including phenoxy) is 1. The highest BCUT2D eigenvalue weighted by Crippen LogP contribution is 2.30. The molecule has 3 N–H and O–H groups in total. The van der Waals surface area contributed by atoms with Crippen LogP contribution in [0.5, 0.6) is 5.75 Å². The Balaban J connectivity index is 0.000000227. The minimum Gasteiger partial charge on any atom is -0.493 e. The zero-order valence-corrected chi connectivity index (χ0v) is 24.4. The number of hydrogen-bond donors (Lipinski definition) is 3. The summed E-state index contributed by atoms with van der Waals surface area (Å²) in [6, 6.07) is 18.4. The van der Waals surface area contributed by atoms with Gasteiger partial charge in [-0.1, -0.05) is 48.5 Å². The molecule has 1 aliphatic carbocycles. The zero-order valence-electron chi connectivity index (χ0n) is 24.4. The van der Waals surface area contributed by atoms with Gasteiger partial charge in [-0.15, -0.1) is 0 Å². The molecule has 1 aliphatic heterocycles. The van der Waals surface area contributed by atoms with E-state index in [0.29, 0.717) is 36.9 Å². The van der Waals surface area contributed by atoms with E-state index in [4.69, 9.17) is 4.74 Å². The van der Waals surface area contributed by atoms with E-state index in [1.807, 2.05) is 12.1 Å². The van der Waals surface area contributed by atoms with Gasteiger partial charge in [0.25, 0.3) is 0 Å². The summed E-state index contributed by atoms with van der Waals surface area (Å²) in [7, 11) is 0. The maximum Gasteiger partial charge on any atom is 0.416 e. The van der Waals surface area contributed by atoms with Gasteiger partial charge in [0.05, 0.1) is 17.7 Å². The molecule has 0 unspecified atom stereocenters. The molecule has 0 atom stereocenters. The fourth-order valence-electron chi connectivity index (χ4n) is 4.92. The van der Waals surface area contributed by atoms with Crippen molar-refractivity contribution in [3.05, 3.63) is 105 Å². The van der Waals surface area contributed by atoms with Crippen LogP contribution in [0, 0.1) is 20.8 Å². The lowest BCUT2D eigenvalue weighted by Gasteiger charge is -2.19. The highest BCUT2D eigenvalue weighted by molar-refractivity contribution is 5.97. The van der Waals surface area contributed by atoms with Gasteiger partial charge in [0.1, 0.15) is 5.75 Å². The molecule has 0 aromatic heterocycles. The molecular formula is C34H39F3N2O3. The Kier molecular flexibility index (Phi) is 10.5. The second kappa shape index (κ2) is 14.0. The SMILES string of the molecule is Cc1cc(C)c(C)c(OCCc2ccc(C3=C(C(=O)O)CNCC3)cc2)c1.FC(F)(F)c1cccc(CNC2CC2)c1. The van der Waals surface area contributed by atoms with E-state index in [-0.39, 0.29) is 0 Å². The van der Waals surface area contributed by atoms with Gasteiger partial charge < -0.3 is 20.5 Å². The number of carbonyl (C=O) groups is 1. The largest absolute Gasteiger partial charge is 0.493 e. The molecule has 1 saturated carbocycles. The Bertz CT molecular complexity index is 1410. The summed E-state index contributed by atoms with van der Waals surface area (Å²) in [6.07, 6.45) is -0.400. The second-order valence-corrected chi connectivity index (χ2v) is 11.0. The van der Waals surface area contributed by atoms with Gasteiger partial charge in [-0.25, -0.2) is 4.79 Å². The molecule has 42 heavy (non-hydrogen) atoms. The van der Waals surface area contributed by atoms with Crippen molar-refractivity contribution in [2.24, 2.45) is 0 Å². The molecule has 3 aromatic rings. The molecule has 0 spiro atoms. The van der Waals surface area contributed by atoms with E-state index >= 15 is 0 Å². The first-order chi connectivity index (χ1) is 20.0. The van der Waals surface area contributed by atoms with Crippen molar-refractivity contribution in [2.75, 3.05) is 19.7 Å². The number of rotatable bonds is 9. The summed E-state index contributed by atoms with van der Waals surface area (Å²) in [4.78, 5) is 11.4. The summed E-state index contributed by atoms with van der Waals surface area (Å²) < 4.78 is 43.1. The van der Waals surface area contributed by atoms with E-state index in [9.17, 15) is 23.1 Å². The van der Waals surface area contributed by atoms with E-state index in [1.54, 1.807) is 6.07 Å². The number of carboxylic acid groups (broad SMARTS) is 1. The van der Waals surface area contributed by atoms with Gasteiger partial charge in [-0.2, -0.15) is 13.2 Å². The quantitative estimate of drug-likeness (QED) is 0.254. The Hall–Kier alpha value is -3.62. The summed E-state index contributed by atoms with van der Waals surface area (Å²) in [6.45, 7) is 8.66. The third-order valence-corrected chi connectivity index (χ3v) is 7.62. The van der Waals surface area contributed by atoms with Gasteiger partial charge in [0.15, 0.2) is 0 Å². The molecule has 2 aliphatic rings. The Morgan fingerprint density at radius 3 is 2.43 bits per heavy atom. The molecule has 0 amide bonds. The molecule has 8 heteroatoms. The molecular weight excluding hydrogens is 541 g/mol. The summed E-state index contributed by atoms with van der Waals surface area (Å²) in [5.74, 6) is 0.119. The van der Waals surface area contributed by atoms with Crippen LogP contribution in [0.4, 0.5) is 13.2 Å². The van der Waals surface area contributed by atoms with Crippen LogP contribution in [0.2, 0.25) is 0 Å². The van der Waals surface area contributed by atoms with Crippen LogP contribution >= 0.6 is 0 Å². The van der Waals surface area contributed by atoms with Crippen LogP contribution in [0.25, 0.3) is 5.57 Å². The summed E-state index contributed by atoms with van der Waals surface area (Å²) in [5, 5.41) is 15.7. The number of nitrogens with one attached hydrogen (secondary N) is 2. The predicted molar refractivity (Wildman–Crippen MR) is 160 cm³/mol. The summed E-state index contributed by atoms with van der Waals surface area (Å²) >= 11 is 0. The van der Waals surface area contributed by atoms with Gasteiger partial charge in [0, 0.05) is 25.6 Å². The number of aryl methyl sites for hydroxylation is 2. The highest BCUT2D eigenvalue weighted by Gasteiger charge is 2.30. The van der Waals surface area contributed by atoms with Crippen LogP contribution in [0.3, 0.4) is 0 Å². The first-order valence-corrected chi connectivity index (χ1v) is 14.4. The summed E-state index contributed by atoms with van der Waals surface area (Å²) in [5.41, 5.74) is 7.37. The predicted octanol–water partition coefficient (Wildman–Crippen LogP) is 7.02. The van der Waals surface area contributed by atoms with Gasteiger partial charge in [-0.3, -0.25) is 0 Å². The fraction of sp³-hybridized carbons (Fsp3) is 0.382. The molecule has 3 aromatic carbocycles. The third-order valence-electron chi connectivity index (χ3n) is 7.62. The minimum absolute atomic E-state index is 0.426. The zero-order chi connectivity index (χ0) is 30.3. The molecule has 5 rings (SSSR count). The fourth-order valence-corrected chi connectivity index (χ4v) is 4.92. The Morgan fingerprint density at radius 2 is 1.76 bits per heavy atom. The number of alkyl halides is 3. The monoisotopic (exact) mass is 580 g/mol. The molecule has 0 bridgehead atoms. The topological polar surface area (TPSA) is 70.6 Å². The van der Waals surface area contributed by atoms with Crippen molar-refractivity contribution in [3.8, 4) is 5.75 Å². The molecule has 1 fully saturated rings. The van der Waals surface area contributed by atoms with Crippen molar-refractivity contribution in [3.63, 3.8) is 0 Å². The van der Waals surface area contributed by atoms with Gasteiger partial charge in [-0.05, 0) is 97.7 Å². The van der Waals surface area contributed by atoms with Crippen molar-refractivity contribution in [1.29, 1.82) is 0 Å². The first-order valence-electron chi connectivity index (χ1n) is 14.4. The van der Waals surface area contributed by atoms with E-state index < -0.39 is 17.7 Å². The number of hydrogen-bond acceptors (Lipinski definition) is 4. The van der Waals surface area contributed by atoms with Crippen LogP contribution < -0.4 is 15.4 Å². The standard InChI is InChI=1S/C23H27NO3.C11H12F3N/c1-15-12-16(2)17(3)22(13-15)27-11-9-18-4-6-19(7-5-18)20-8-10-24-14-21(20)23(25)26;12-11(13,14)9-3-1-2-8(6-9)7-15-10-4-5-10/h4-7,12-13,24H,8-11,14H2,1-3H3,(H,25,26);1-3,6,10,15H,4-5,7H2. The van der Waals surface area contributed by atoms with Crippen LogP contribution in [-0.4, -0.2) is 36.8 Å². The average Bonchev–Trinajstić information content (AvgIpc) is 3.80. The number of benzene rings is 3. The van der Waals surface area contributed by atoms with Gasteiger partial charge >= 0.3 is 12.1 Å². The average molecular weight is 581 g/mol. The van der Waals surface area contributed by atoms with Crippen molar-refractivity contribution in [2.45, 2.75) is 65.2 Å². The van der Waals surface area contributed by atoms with E-state index in [0.717, 1.165) is 55.2 Å². The van der Waals surface area contributed by atoms with Gasteiger partial charge in [0.2, 0.25) is 0 Å². The smallest absolute Gasteiger partial charge is 0.416 e. The molecule has 5 nitrogen and oxygen atoms in total. The molecule has 0 radical (unpaired) electrons. The maximum atomic E-state index is 12.4. The van der Waals surface area contributed by atoms with E-state index in [1.165, 1.54) is 34.4 Å². The maximum absolute atomic E-state index is 12.4. The molecule has 224 valence electrons. The first kappa shape index (κ1) is 31.3. The lowest BCUT2D eigenvalue weighted by atomic mass is 9.93. The highest BCUT2D eigenvalue weighted by atomic mass is 19.4. The third kappa shape index (κ3) is 8.94.